The number of likely N-dealkylation sites (tertiary alicyclic amines) is 1. The molecule has 0 aromatic carbocycles. The van der Waals surface area contributed by atoms with Gasteiger partial charge in [-0.05, 0) is 32.0 Å². The Morgan fingerprint density at radius 1 is 1.65 bits per heavy atom. The Hall–Kier alpha value is -2.22. The first-order valence-corrected chi connectivity index (χ1v) is 6.28. The van der Waals surface area contributed by atoms with Crippen molar-refractivity contribution in [3.05, 3.63) is 27.9 Å². The van der Waals surface area contributed by atoms with Crippen molar-refractivity contribution in [1.29, 1.82) is 0 Å². The summed E-state index contributed by atoms with van der Waals surface area (Å²) in [4.78, 5) is 27.2. The highest BCUT2D eigenvalue weighted by molar-refractivity contribution is 5.86. The molecular weight excluding hydrogens is 264 g/mol. The molecule has 1 fully saturated rings. The van der Waals surface area contributed by atoms with Crippen molar-refractivity contribution in [1.82, 2.24) is 9.88 Å². The van der Waals surface area contributed by atoms with Gasteiger partial charge in [-0.3, -0.25) is 10.1 Å². The second-order valence-electron chi connectivity index (χ2n) is 4.92. The molecule has 1 atom stereocenters. The number of carbonyl (C=O) groups is 1. The number of carboxylic acid groups (broad SMARTS) is 1. The molecule has 1 unspecified atom stereocenters. The Labute approximate surface area is 115 Å². The van der Waals surface area contributed by atoms with Crippen molar-refractivity contribution in [3.63, 3.8) is 0 Å². The first kappa shape index (κ1) is 14.2. The molecule has 0 saturated carbocycles. The number of hydrogen-bond donors (Lipinski definition) is 2. The average molecular weight is 280 g/mol. The van der Waals surface area contributed by atoms with Crippen LogP contribution in [0.4, 0.5) is 11.5 Å². The molecule has 1 aliphatic rings. The zero-order valence-corrected chi connectivity index (χ0v) is 11.1. The smallest absolute Gasteiger partial charge is 0.354 e. The molecule has 20 heavy (non-hydrogen) atoms. The van der Waals surface area contributed by atoms with Crippen LogP contribution in [-0.4, -0.2) is 52.6 Å². The van der Waals surface area contributed by atoms with Crippen molar-refractivity contribution < 1.29 is 14.8 Å². The van der Waals surface area contributed by atoms with Crippen LogP contribution in [0.1, 0.15) is 16.9 Å². The van der Waals surface area contributed by atoms with Crippen LogP contribution < -0.4 is 5.32 Å². The Morgan fingerprint density at radius 3 is 2.95 bits per heavy atom. The van der Waals surface area contributed by atoms with Gasteiger partial charge in [0.25, 0.3) is 0 Å². The van der Waals surface area contributed by atoms with Gasteiger partial charge in [0.05, 0.1) is 4.92 Å². The third-order valence-corrected chi connectivity index (χ3v) is 3.34. The van der Waals surface area contributed by atoms with Crippen LogP contribution in [-0.2, 0) is 0 Å². The number of nitrogens with zero attached hydrogens (tertiary/aromatic N) is 3. The minimum Gasteiger partial charge on any atom is -0.477 e. The van der Waals surface area contributed by atoms with Gasteiger partial charge in [-0.1, -0.05) is 0 Å². The molecule has 2 rings (SSSR count). The summed E-state index contributed by atoms with van der Waals surface area (Å²) in [6.07, 6.45) is 1.01. The van der Waals surface area contributed by atoms with Gasteiger partial charge in [-0.15, -0.1) is 0 Å². The van der Waals surface area contributed by atoms with Crippen LogP contribution in [0.2, 0.25) is 0 Å². The maximum absolute atomic E-state index is 10.9. The van der Waals surface area contributed by atoms with E-state index in [1.165, 1.54) is 6.07 Å². The number of pyridine rings is 1. The van der Waals surface area contributed by atoms with E-state index in [-0.39, 0.29) is 17.2 Å². The lowest BCUT2D eigenvalue weighted by Gasteiger charge is -2.12. The average Bonchev–Trinajstić information content (AvgIpc) is 2.81. The molecule has 0 spiro atoms. The third kappa shape index (κ3) is 3.21. The molecule has 0 amide bonds. The normalized spacial score (nSPS) is 18.9. The van der Waals surface area contributed by atoms with Gasteiger partial charge in [-0.2, -0.15) is 0 Å². The number of rotatable bonds is 5. The second kappa shape index (κ2) is 5.83. The van der Waals surface area contributed by atoms with E-state index < -0.39 is 10.9 Å². The van der Waals surface area contributed by atoms with Gasteiger partial charge in [0.2, 0.25) is 5.82 Å². The number of nitro groups is 1. The first-order chi connectivity index (χ1) is 9.47. The zero-order chi connectivity index (χ0) is 14.7. The summed E-state index contributed by atoms with van der Waals surface area (Å²) in [6.45, 7) is 2.46. The van der Waals surface area contributed by atoms with Gasteiger partial charge in [0.15, 0.2) is 5.69 Å². The standard InChI is InChI=1S/C12H16N4O4/c1-15-5-4-8(7-15)6-13-11-10(16(19)20)3-2-9(14-11)12(17)18/h2-3,8H,4-7H2,1H3,(H,13,14)(H,17,18). The molecule has 8 nitrogen and oxygen atoms in total. The van der Waals surface area contributed by atoms with E-state index in [4.69, 9.17) is 5.11 Å². The molecule has 2 heterocycles. The minimum absolute atomic E-state index is 0.0180. The molecule has 1 aliphatic heterocycles. The van der Waals surface area contributed by atoms with Gasteiger partial charge in [0, 0.05) is 19.2 Å². The lowest BCUT2D eigenvalue weighted by molar-refractivity contribution is -0.384. The van der Waals surface area contributed by atoms with Gasteiger partial charge >= 0.3 is 11.7 Å². The maximum Gasteiger partial charge on any atom is 0.354 e. The molecular formula is C12H16N4O4. The number of aromatic nitrogens is 1. The van der Waals surface area contributed by atoms with Gasteiger partial charge in [-0.25, -0.2) is 9.78 Å². The maximum atomic E-state index is 10.9. The molecule has 8 heteroatoms. The lowest BCUT2D eigenvalue weighted by Crippen LogP contribution is -2.20. The van der Waals surface area contributed by atoms with Crippen molar-refractivity contribution in [2.75, 3.05) is 32.0 Å². The molecule has 108 valence electrons. The predicted molar refractivity (Wildman–Crippen MR) is 71.9 cm³/mol. The summed E-state index contributed by atoms with van der Waals surface area (Å²) in [5.74, 6) is -0.803. The summed E-state index contributed by atoms with van der Waals surface area (Å²) < 4.78 is 0. The van der Waals surface area contributed by atoms with E-state index in [2.05, 4.69) is 15.2 Å². The highest BCUT2D eigenvalue weighted by Gasteiger charge is 2.22. The second-order valence-corrected chi connectivity index (χ2v) is 4.92. The molecule has 1 aromatic heterocycles. The van der Waals surface area contributed by atoms with Crippen LogP contribution in [0.25, 0.3) is 0 Å². The SMILES string of the molecule is CN1CCC(CNc2nc(C(=O)O)ccc2[N+](=O)[O-])C1. The lowest BCUT2D eigenvalue weighted by atomic mass is 10.1. The van der Waals surface area contributed by atoms with Crippen molar-refractivity contribution in [2.24, 2.45) is 5.92 Å². The van der Waals surface area contributed by atoms with E-state index in [1.807, 2.05) is 7.05 Å². The van der Waals surface area contributed by atoms with Crippen LogP contribution in [0.5, 0.6) is 0 Å². The summed E-state index contributed by atoms with van der Waals surface area (Å²) in [6, 6.07) is 2.30. The summed E-state index contributed by atoms with van der Waals surface area (Å²) >= 11 is 0. The van der Waals surface area contributed by atoms with Crippen molar-refractivity contribution in [2.45, 2.75) is 6.42 Å². The van der Waals surface area contributed by atoms with Crippen LogP contribution in [0.15, 0.2) is 12.1 Å². The number of anilines is 1. The predicted octanol–water partition coefficient (Wildman–Crippen LogP) is 1.05. The summed E-state index contributed by atoms with van der Waals surface area (Å²) in [5.41, 5.74) is -0.414. The number of nitrogens with one attached hydrogen (secondary N) is 1. The topological polar surface area (TPSA) is 109 Å². The quantitative estimate of drug-likeness (QED) is 0.613. The summed E-state index contributed by atoms with van der Waals surface area (Å²) in [7, 11) is 2.02. The van der Waals surface area contributed by atoms with Gasteiger partial charge in [0.1, 0.15) is 0 Å². The zero-order valence-electron chi connectivity index (χ0n) is 11.1. The van der Waals surface area contributed by atoms with E-state index in [1.54, 1.807) is 0 Å². The van der Waals surface area contributed by atoms with Gasteiger partial charge < -0.3 is 15.3 Å². The molecule has 0 radical (unpaired) electrons. The fraction of sp³-hybridized carbons (Fsp3) is 0.500. The number of aromatic carboxylic acids is 1. The number of hydrogen-bond acceptors (Lipinski definition) is 6. The van der Waals surface area contributed by atoms with Crippen molar-refractivity contribution >= 4 is 17.5 Å². The Morgan fingerprint density at radius 2 is 2.40 bits per heavy atom. The highest BCUT2D eigenvalue weighted by atomic mass is 16.6. The molecule has 0 bridgehead atoms. The molecule has 2 N–H and O–H groups in total. The van der Waals surface area contributed by atoms with Crippen LogP contribution in [0.3, 0.4) is 0 Å². The molecule has 1 saturated heterocycles. The Kier molecular flexibility index (Phi) is 4.14. The van der Waals surface area contributed by atoms with E-state index in [0.717, 1.165) is 25.6 Å². The fourth-order valence-corrected chi connectivity index (χ4v) is 2.28. The third-order valence-electron chi connectivity index (χ3n) is 3.34. The monoisotopic (exact) mass is 280 g/mol. The Bertz CT molecular complexity index is 534. The number of carboxylic acids is 1. The van der Waals surface area contributed by atoms with E-state index in [9.17, 15) is 14.9 Å². The first-order valence-electron chi connectivity index (χ1n) is 6.28. The van der Waals surface area contributed by atoms with Crippen LogP contribution >= 0.6 is 0 Å². The summed E-state index contributed by atoms with van der Waals surface area (Å²) in [5, 5.41) is 22.7. The fourth-order valence-electron chi connectivity index (χ4n) is 2.28. The Balaban J connectivity index is 2.13. The largest absolute Gasteiger partial charge is 0.477 e. The minimum atomic E-state index is -1.21. The highest BCUT2D eigenvalue weighted by Crippen LogP contribution is 2.23. The van der Waals surface area contributed by atoms with E-state index in [0.29, 0.717) is 12.5 Å². The molecule has 0 aliphatic carbocycles. The molecule has 1 aromatic rings. The van der Waals surface area contributed by atoms with Crippen LogP contribution in [0, 0.1) is 16.0 Å². The van der Waals surface area contributed by atoms with E-state index >= 15 is 0 Å². The van der Waals surface area contributed by atoms with Crippen molar-refractivity contribution in [3.8, 4) is 0 Å².